The quantitative estimate of drug-likeness (QED) is 0.493. The van der Waals surface area contributed by atoms with Crippen molar-refractivity contribution in [1.82, 2.24) is 5.32 Å². The van der Waals surface area contributed by atoms with E-state index in [1.807, 2.05) is 63.2 Å². The van der Waals surface area contributed by atoms with E-state index < -0.39 is 5.60 Å². The van der Waals surface area contributed by atoms with Crippen LogP contribution in [0, 0.1) is 0 Å². The number of ether oxygens (including phenoxy) is 1. The predicted octanol–water partition coefficient (Wildman–Crippen LogP) is 5.88. The lowest BCUT2D eigenvalue weighted by molar-refractivity contribution is 0.00704. The van der Waals surface area contributed by atoms with Crippen LogP contribution in [0.5, 0.6) is 0 Å². The van der Waals surface area contributed by atoms with Crippen molar-refractivity contribution in [3.8, 4) is 11.1 Å². The standard InChI is InChI=1S/C24H29NO2/c1-6-10-20(7-2)25-17-18-13-15-19(16-14-18)21-11-8-9-12-22(21)23(26)27-24(3,4)5/h6,8-16,25H,1,7,17H2,2-5H3/b20-10+. The molecule has 0 aliphatic rings. The summed E-state index contributed by atoms with van der Waals surface area (Å²) in [5, 5.41) is 3.42. The fourth-order valence-corrected chi connectivity index (χ4v) is 2.71. The summed E-state index contributed by atoms with van der Waals surface area (Å²) in [5.74, 6) is -0.300. The second kappa shape index (κ2) is 9.22. The summed E-state index contributed by atoms with van der Waals surface area (Å²) in [6.45, 7) is 12.2. The van der Waals surface area contributed by atoms with Crippen molar-refractivity contribution < 1.29 is 9.53 Å². The van der Waals surface area contributed by atoms with E-state index >= 15 is 0 Å². The van der Waals surface area contributed by atoms with E-state index in [1.54, 1.807) is 6.08 Å². The maximum absolute atomic E-state index is 12.5. The maximum atomic E-state index is 12.5. The number of hydrogen-bond donors (Lipinski definition) is 1. The average molecular weight is 364 g/mol. The van der Waals surface area contributed by atoms with Crippen molar-refractivity contribution in [1.29, 1.82) is 0 Å². The Balaban J connectivity index is 2.19. The van der Waals surface area contributed by atoms with E-state index in [2.05, 4.69) is 31.0 Å². The lowest BCUT2D eigenvalue weighted by Gasteiger charge is -2.20. The minimum Gasteiger partial charge on any atom is -0.456 e. The average Bonchev–Trinajstić information content (AvgIpc) is 2.64. The molecule has 0 atom stereocenters. The normalized spacial score (nSPS) is 11.8. The molecular formula is C24H29NO2. The van der Waals surface area contributed by atoms with Crippen molar-refractivity contribution >= 4 is 5.97 Å². The summed E-state index contributed by atoms with van der Waals surface area (Å²) in [5.41, 5.74) is 4.28. The first-order valence-electron chi connectivity index (χ1n) is 9.31. The Hall–Kier alpha value is -2.81. The number of allylic oxidation sites excluding steroid dienone is 3. The predicted molar refractivity (Wildman–Crippen MR) is 112 cm³/mol. The first-order valence-corrected chi connectivity index (χ1v) is 9.31. The highest BCUT2D eigenvalue weighted by atomic mass is 16.6. The molecule has 0 saturated carbocycles. The van der Waals surface area contributed by atoms with Crippen LogP contribution < -0.4 is 5.32 Å². The summed E-state index contributed by atoms with van der Waals surface area (Å²) in [7, 11) is 0. The van der Waals surface area contributed by atoms with Crippen LogP contribution in [0.25, 0.3) is 11.1 Å². The molecule has 0 aliphatic heterocycles. The van der Waals surface area contributed by atoms with Crippen LogP contribution in [0.3, 0.4) is 0 Å². The van der Waals surface area contributed by atoms with Crippen LogP contribution >= 0.6 is 0 Å². The molecule has 142 valence electrons. The van der Waals surface area contributed by atoms with Crippen molar-refractivity contribution in [2.45, 2.75) is 46.3 Å². The van der Waals surface area contributed by atoms with Crippen LogP contribution in [0.1, 0.15) is 50.0 Å². The summed E-state index contributed by atoms with van der Waals surface area (Å²) in [4.78, 5) is 12.5. The number of nitrogens with one attached hydrogen (secondary N) is 1. The molecule has 3 nitrogen and oxygen atoms in total. The van der Waals surface area contributed by atoms with E-state index in [0.29, 0.717) is 5.56 Å². The Labute approximate surface area is 162 Å². The first-order chi connectivity index (χ1) is 12.8. The van der Waals surface area contributed by atoms with E-state index in [9.17, 15) is 4.79 Å². The zero-order valence-corrected chi connectivity index (χ0v) is 16.7. The Kier molecular flexibility index (Phi) is 7.00. The lowest BCUT2D eigenvalue weighted by atomic mass is 9.98. The van der Waals surface area contributed by atoms with E-state index in [0.717, 1.165) is 29.8 Å². The minimum atomic E-state index is -0.518. The molecule has 2 aromatic rings. The van der Waals surface area contributed by atoms with Gasteiger partial charge in [-0.05, 0) is 56.0 Å². The highest BCUT2D eigenvalue weighted by molar-refractivity contribution is 5.97. The van der Waals surface area contributed by atoms with Gasteiger partial charge in [-0.3, -0.25) is 0 Å². The Morgan fingerprint density at radius 1 is 1.11 bits per heavy atom. The molecule has 0 unspecified atom stereocenters. The van der Waals surface area contributed by atoms with Crippen LogP contribution in [0.2, 0.25) is 0 Å². The summed E-state index contributed by atoms with van der Waals surface area (Å²) in [6, 6.07) is 15.8. The number of carbonyl (C=O) groups is 1. The highest BCUT2D eigenvalue weighted by Crippen LogP contribution is 2.26. The second-order valence-electron chi connectivity index (χ2n) is 7.38. The van der Waals surface area contributed by atoms with Gasteiger partial charge in [-0.1, -0.05) is 62.0 Å². The smallest absolute Gasteiger partial charge is 0.339 e. The number of benzene rings is 2. The molecule has 0 aliphatic carbocycles. The van der Waals surface area contributed by atoms with E-state index in [1.165, 1.54) is 5.56 Å². The molecule has 0 amide bonds. The van der Waals surface area contributed by atoms with Gasteiger partial charge in [-0.15, -0.1) is 0 Å². The first kappa shape index (κ1) is 20.5. The van der Waals surface area contributed by atoms with Crippen molar-refractivity contribution in [2.24, 2.45) is 0 Å². The fourth-order valence-electron chi connectivity index (χ4n) is 2.71. The molecule has 0 radical (unpaired) electrons. The number of hydrogen-bond acceptors (Lipinski definition) is 3. The molecule has 27 heavy (non-hydrogen) atoms. The topological polar surface area (TPSA) is 38.3 Å². The van der Waals surface area contributed by atoms with Gasteiger partial charge in [0.1, 0.15) is 5.60 Å². The molecule has 1 N–H and O–H groups in total. The van der Waals surface area contributed by atoms with E-state index in [4.69, 9.17) is 4.74 Å². The minimum absolute atomic E-state index is 0.300. The van der Waals surface area contributed by atoms with Crippen molar-refractivity contribution in [3.05, 3.63) is 84.1 Å². The molecule has 0 heterocycles. The third kappa shape index (κ3) is 6.14. The maximum Gasteiger partial charge on any atom is 0.339 e. The molecular weight excluding hydrogens is 334 g/mol. The van der Waals surface area contributed by atoms with E-state index in [-0.39, 0.29) is 5.97 Å². The number of carbonyl (C=O) groups excluding carboxylic acids is 1. The Morgan fingerprint density at radius 2 is 1.78 bits per heavy atom. The van der Waals surface area contributed by atoms with Gasteiger partial charge in [0.15, 0.2) is 0 Å². The zero-order valence-electron chi connectivity index (χ0n) is 16.7. The van der Waals surface area contributed by atoms with Gasteiger partial charge in [-0.25, -0.2) is 4.79 Å². The fraction of sp³-hybridized carbons (Fsp3) is 0.292. The Morgan fingerprint density at radius 3 is 2.37 bits per heavy atom. The van der Waals surface area contributed by atoms with Gasteiger partial charge in [-0.2, -0.15) is 0 Å². The van der Waals surface area contributed by atoms with Crippen LogP contribution in [0.15, 0.2) is 73.0 Å². The Bertz CT molecular complexity index is 811. The molecule has 2 aromatic carbocycles. The summed E-state index contributed by atoms with van der Waals surface area (Å²) >= 11 is 0. The summed E-state index contributed by atoms with van der Waals surface area (Å²) in [6.07, 6.45) is 4.72. The van der Waals surface area contributed by atoms with Crippen molar-refractivity contribution in [2.75, 3.05) is 0 Å². The SMILES string of the molecule is C=C/C=C(\CC)NCc1ccc(-c2ccccc2C(=O)OC(C)(C)C)cc1. The molecule has 2 rings (SSSR count). The second-order valence-corrected chi connectivity index (χ2v) is 7.38. The molecule has 0 aromatic heterocycles. The monoisotopic (exact) mass is 363 g/mol. The van der Waals surface area contributed by atoms with Crippen LogP contribution in [-0.4, -0.2) is 11.6 Å². The van der Waals surface area contributed by atoms with Gasteiger partial charge in [0.05, 0.1) is 5.56 Å². The number of esters is 1. The van der Waals surface area contributed by atoms with Gasteiger partial charge in [0.25, 0.3) is 0 Å². The number of rotatable bonds is 7. The van der Waals surface area contributed by atoms with Crippen molar-refractivity contribution in [3.63, 3.8) is 0 Å². The zero-order chi connectivity index (χ0) is 19.9. The summed E-state index contributed by atoms with van der Waals surface area (Å²) < 4.78 is 5.55. The molecule has 0 bridgehead atoms. The third-order valence-electron chi connectivity index (χ3n) is 4.03. The third-order valence-corrected chi connectivity index (χ3v) is 4.03. The molecule has 0 spiro atoms. The molecule has 0 fully saturated rings. The van der Waals surface area contributed by atoms with Crippen LogP contribution in [-0.2, 0) is 11.3 Å². The highest BCUT2D eigenvalue weighted by Gasteiger charge is 2.20. The van der Waals surface area contributed by atoms with Crippen LogP contribution in [0.4, 0.5) is 0 Å². The molecule has 3 heteroatoms. The van der Waals surface area contributed by atoms with Gasteiger partial charge >= 0.3 is 5.97 Å². The van der Waals surface area contributed by atoms with Gasteiger partial charge < -0.3 is 10.1 Å². The lowest BCUT2D eigenvalue weighted by Crippen LogP contribution is -2.24. The molecule has 0 saturated heterocycles. The largest absolute Gasteiger partial charge is 0.456 e. The van der Waals surface area contributed by atoms with Gasteiger partial charge in [0.2, 0.25) is 0 Å². The van der Waals surface area contributed by atoms with Gasteiger partial charge in [0, 0.05) is 12.2 Å².